The van der Waals surface area contributed by atoms with E-state index in [9.17, 15) is 5.11 Å². The van der Waals surface area contributed by atoms with Gasteiger partial charge in [0.2, 0.25) is 5.88 Å². The number of ether oxygens (including phenoxy) is 1. The van der Waals surface area contributed by atoms with Crippen molar-refractivity contribution in [2.24, 2.45) is 0 Å². The fourth-order valence-electron chi connectivity index (χ4n) is 3.12. The fraction of sp³-hybridized carbons (Fsp3) is 0.182. The number of rotatable bonds is 9. The number of nitrogens with zero attached hydrogens (tertiary/aromatic N) is 2. The zero-order valence-electron chi connectivity index (χ0n) is 16.8. The van der Waals surface area contributed by atoms with Gasteiger partial charge >= 0.3 is 0 Å². The summed E-state index contributed by atoms with van der Waals surface area (Å²) in [6.07, 6.45) is 3.65. The van der Waals surface area contributed by atoms with Crippen LogP contribution in [-0.2, 0) is 4.74 Å². The molecule has 0 amide bonds. The minimum Gasteiger partial charge on any atom is -0.492 e. The first kappa shape index (κ1) is 22.6. The minimum atomic E-state index is -0.0857. The number of H-pyrrole nitrogens is 1. The average Bonchev–Trinajstić information content (AvgIpc) is 3.39. The molecule has 4 aromatic rings. The SMILES string of the molecule is OCCOCCNc1nc(O)c(C(=Cc2ccc(Cl)cc2Cl)c2ccc3[nH]ncc3c2)s1. The lowest BCUT2D eigenvalue weighted by molar-refractivity contribution is 0.0992. The quantitative estimate of drug-likeness (QED) is 0.193. The van der Waals surface area contributed by atoms with Crippen molar-refractivity contribution in [3.63, 3.8) is 0 Å². The Morgan fingerprint density at radius 3 is 2.88 bits per heavy atom. The second kappa shape index (κ2) is 10.3. The molecule has 0 aliphatic carbocycles. The molecule has 0 bridgehead atoms. The van der Waals surface area contributed by atoms with Crippen molar-refractivity contribution in [3.8, 4) is 5.88 Å². The molecule has 0 aliphatic heterocycles. The van der Waals surface area contributed by atoms with Crippen molar-refractivity contribution in [1.82, 2.24) is 15.2 Å². The Labute approximate surface area is 198 Å². The van der Waals surface area contributed by atoms with Gasteiger partial charge in [0.15, 0.2) is 5.13 Å². The molecule has 0 fully saturated rings. The van der Waals surface area contributed by atoms with Gasteiger partial charge in [-0.15, -0.1) is 0 Å². The highest BCUT2D eigenvalue weighted by atomic mass is 35.5. The Balaban J connectivity index is 1.72. The van der Waals surface area contributed by atoms with Gasteiger partial charge < -0.3 is 20.3 Å². The molecule has 0 unspecified atom stereocenters. The van der Waals surface area contributed by atoms with E-state index in [1.165, 1.54) is 11.3 Å². The van der Waals surface area contributed by atoms with E-state index in [1.54, 1.807) is 18.3 Å². The lowest BCUT2D eigenvalue weighted by Crippen LogP contribution is -2.10. The van der Waals surface area contributed by atoms with Crippen molar-refractivity contribution in [2.75, 3.05) is 31.7 Å². The summed E-state index contributed by atoms with van der Waals surface area (Å²) in [6, 6.07) is 11.1. The predicted octanol–water partition coefficient (Wildman–Crippen LogP) is 5.04. The van der Waals surface area contributed by atoms with E-state index in [2.05, 4.69) is 20.5 Å². The Morgan fingerprint density at radius 2 is 2.06 bits per heavy atom. The summed E-state index contributed by atoms with van der Waals surface area (Å²) in [5, 5.41) is 32.1. The molecular weight excluding hydrogens is 471 g/mol. The van der Waals surface area contributed by atoms with Crippen LogP contribution in [0.4, 0.5) is 5.13 Å². The molecule has 0 atom stereocenters. The van der Waals surface area contributed by atoms with Gasteiger partial charge in [-0.2, -0.15) is 10.1 Å². The zero-order valence-corrected chi connectivity index (χ0v) is 19.1. The van der Waals surface area contributed by atoms with Crippen LogP contribution in [0.3, 0.4) is 0 Å². The van der Waals surface area contributed by atoms with Crippen LogP contribution < -0.4 is 5.32 Å². The highest BCUT2D eigenvalue weighted by molar-refractivity contribution is 7.17. The van der Waals surface area contributed by atoms with Crippen LogP contribution in [0.25, 0.3) is 22.6 Å². The monoisotopic (exact) mass is 490 g/mol. The van der Waals surface area contributed by atoms with Gasteiger partial charge in [0, 0.05) is 27.5 Å². The first-order valence-corrected chi connectivity index (χ1v) is 11.4. The third kappa shape index (κ3) is 5.23. The number of anilines is 1. The summed E-state index contributed by atoms with van der Waals surface area (Å²) in [5.74, 6) is -0.0857. The van der Waals surface area contributed by atoms with E-state index in [1.807, 2.05) is 30.3 Å². The van der Waals surface area contributed by atoms with Crippen molar-refractivity contribution in [1.29, 1.82) is 0 Å². The number of halogens is 2. The van der Waals surface area contributed by atoms with Gasteiger partial charge in [0.05, 0.1) is 31.5 Å². The molecule has 0 radical (unpaired) electrons. The summed E-state index contributed by atoms with van der Waals surface area (Å²) < 4.78 is 5.25. The van der Waals surface area contributed by atoms with Crippen molar-refractivity contribution in [2.45, 2.75) is 0 Å². The van der Waals surface area contributed by atoms with Gasteiger partial charge in [-0.05, 0) is 41.5 Å². The topological polar surface area (TPSA) is 103 Å². The number of hydrogen-bond acceptors (Lipinski definition) is 7. The molecule has 0 saturated heterocycles. The van der Waals surface area contributed by atoms with Crippen LogP contribution in [0.5, 0.6) is 5.88 Å². The zero-order chi connectivity index (χ0) is 22.5. The van der Waals surface area contributed by atoms with Crippen LogP contribution in [0.1, 0.15) is 16.0 Å². The largest absolute Gasteiger partial charge is 0.492 e. The summed E-state index contributed by atoms with van der Waals surface area (Å²) in [4.78, 5) is 4.84. The summed E-state index contributed by atoms with van der Waals surface area (Å²) in [7, 11) is 0. The fourth-order valence-corrected chi connectivity index (χ4v) is 4.51. The van der Waals surface area contributed by atoms with E-state index in [-0.39, 0.29) is 19.1 Å². The molecule has 32 heavy (non-hydrogen) atoms. The van der Waals surface area contributed by atoms with E-state index in [4.69, 9.17) is 33.0 Å². The second-order valence-corrected chi connectivity index (χ2v) is 8.67. The molecule has 2 heterocycles. The van der Waals surface area contributed by atoms with Crippen LogP contribution in [-0.4, -0.2) is 51.8 Å². The number of thiazole rings is 1. The van der Waals surface area contributed by atoms with Gasteiger partial charge in [-0.3, -0.25) is 5.10 Å². The normalized spacial score (nSPS) is 11.9. The molecule has 10 heteroatoms. The standard InChI is InChI=1S/C22H20Cl2N4O3S/c23-16-3-1-14(18(24)11-16)10-17(13-2-4-19-15(9-13)12-26-28-19)20-21(30)27-22(32-20)25-5-7-31-8-6-29/h1-4,9-12,29-30H,5-8H2,(H,25,27)(H,26,28). The van der Waals surface area contributed by atoms with E-state index < -0.39 is 0 Å². The number of aromatic nitrogens is 3. The Kier molecular flexibility index (Phi) is 7.29. The highest BCUT2D eigenvalue weighted by Gasteiger charge is 2.18. The third-order valence-electron chi connectivity index (χ3n) is 4.63. The van der Waals surface area contributed by atoms with E-state index in [0.29, 0.717) is 33.2 Å². The molecule has 0 saturated carbocycles. The lowest BCUT2D eigenvalue weighted by atomic mass is 10.00. The van der Waals surface area contributed by atoms with Gasteiger partial charge in [0.25, 0.3) is 0 Å². The lowest BCUT2D eigenvalue weighted by Gasteiger charge is -2.08. The Morgan fingerprint density at radius 1 is 1.19 bits per heavy atom. The molecule has 4 N–H and O–H groups in total. The van der Waals surface area contributed by atoms with Crippen LogP contribution >= 0.6 is 34.5 Å². The number of aromatic amines is 1. The molecule has 166 valence electrons. The van der Waals surface area contributed by atoms with Gasteiger partial charge in [0.1, 0.15) is 4.88 Å². The summed E-state index contributed by atoms with van der Waals surface area (Å²) in [5.41, 5.74) is 3.31. The number of aliphatic hydroxyl groups is 1. The third-order valence-corrected chi connectivity index (χ3v) is 6.22. The highest BCUT2D eigenvalue weighted by Crippen LogP contribution is 2.40. The maximum absolute atomic E-state index is 10.7. The van der Waals surface area contributed by atoms with Crippen molar-refractivity contribution >= 4 is 62.2 Å². The van der Waals surface area contributed by atoms with E-state index >= 15 is 0 Å². The smallest absolute Gasteiger partial charge is 0.232 e. The molecule has 2 aromatic carbocycles. The van der Waals surface area contributed by atoms with Crippen molar-refractivity contribution < 1.29 is 14.9 Å². The van der Waals surface area contributed by atoms with E-state index in [0.717, 1.165) is 27.6 Å². The molecule has 4 rings (SSSR count). The Bertz CT molecular complexity index is 1260. The van der Waals surface area contributed by atoms with Gasteiger partial charge in [-0.1, -0.05) is 46.7 Å². The second-order valence-electron chi connectivity index (χ2n) is 6.83. The molecule has 0 spiro atoms. The summed E-state index contributed by atoms with van der Waals surface area (Å²) in [6.45, 7) is 1.16. The van der Waals surface area contributed by atoms with Crippen LogP contribution in [0, 0.1) is 0 Å². The Hall–Kier alpha value is -2.62. The predicted molar refractivity (Wildman–Crippen MR) is 130 cm³/mol. The molecule has 0 aliphatic rings. The maximum atomic E-state index is 10.7. The first-order valence-electron chi connectivity index (χ1n) is 9.78. The molecular formula is C22H20Cl2N4O3S. The number of fused-ring (bicyclic) bond motifs is 1. The summed E-state index contributed by atoms with van der Waals surface area (Å²) >= 11 is 13.8. The van der Waals surface area contributed by atoms with Crippen molar-refractivity contribution in [3.05, 3.63) is 68.6 Å². The number of aliphatic hydroxyl groups excluding tert-OH is 1. The molecule has 7 nitrogen and oxygen atoms in total. The number of aromatic hydroxyl groups is 1. The van der Waals surface area contributed by atoms with Crippen LogP contribution in [0.2, 0.25) is 10.0 Å². The minimum absolute atomic E-state index is 0.0232. The number of hydrogen-bond donors (Lipinski definition) is 4. The first-order chi connectivity index (χ1) is 15.5. The maximum Gasteiger partial charge on any atom is 0.232 e. The van der Waals surface area contributed by atoms with Gasteiger partial charge in [-0.25, -0.2) is 0 Å². The average molecular weight is 491 g/mol. The number of benzene rings is 2. The number of nitrogens with one attached hydrogen (secondary N) is 2. The molecule has 2 aromatic heterocycles. The van der Waals surface area contributed by atoms with Crippen LogP contribution in [0.15, 0.2) is 42.6 Å².